The van der Waals surface area contributed by atoms with Crippen molar-refractivity contribution in [3.63, 3.8) is 0 Å². The molecule has 2 aromatic rings. The van der Waals surface area contributed by atoms with Gasteiger partial charge in [0.1, 0.15) is 5.82 Å². The summed E-state index contributed by atoms with van der Waals surface area (Å²) in [5.74, 6) is -1.43. The third-order valence-corrected chi connectivity index (χ3v) is 2.93. The molecular formula is C14H11ClFN3O2. The van der Waals surface area contributed by atoms with Gasteiger partial charge >= 0.3 is 0 Å². The number of halogens is 2. The Balaban J connectivity index is 2.23. The van der Waals surface area contributed by atoms with Crippen LogP contribution < -0.4 is 11.1 Å². The number of anilines is 1. The van der Waals surface area contributed by atoms with E-state index in [1.165, 1.54) is 18.2 Å². The van der Waals surface area contributed by atoms with Crippen LogP contribution in [0.5, 0.6) is 0 Å². The summed E-state index contributed by atoms with van der Waals surface area (Å²) in [5.41, 5.74) is 6.14. The zero-order valence-corrected chi connectivity index (χ0v) is 11.4. The monoisotopic (exact) mass is 307 g/mol. The maximum absolute atomic E-state index is 13.6. The minimum Gasteiger partial charge on any atom is -0.409 e. The molecule has 0 fully saturated rings. The number of carbonyl (C=O) groups is 1. The van der Waals surface area contributed by atoms with Gasteiger partial charge in [0, 0.05) is 16.3 Å². The highest BCUT2D eigenvalue weighted by Gasteiger charge is 2.12. The lowest BCUT2D eigenvalue weighted by atomic mass is 10.1. The molecule has 0 saturated carbocycles. The van der Waals surface area contributed by atoms with Gasteiger partial charge in [-0.3, -0.25) is 4.79 Å². The molecule has 0 aliphatic rings. The van der Waals surface area contributed by atoms with E-state index in [1.807, 2.05) is 0 Å². The number of nitrogens with zero attached hydrogens (tertiary/aromatic N) is 1. The molecule has 2 rings (SSSR count). The first-order chi connectivity index (χ1) is 10.0. The van der Waals surface area contributed by atoms with Crippen molar-refractivity contribution in [1.29, 1.82) is 0 Å². The van der Waals surface area contributed by atoms with Crippen LogP contribution >= 0.6 is 11.6 Å². The zero-order valence-electron chi connectivity index (χ0n) is 10.7. The van der Waals surface area contributed by atoms with Crippen LogP contribution in [-0.4, -0.2) is 17.0 Å². The van der Waals surface area contributed by atoms with E-state index in [0.29, 0.717) is 11.3 Å². The number of oxime groups is 1. The number of amides is 1. The van der Waals surface area contributed by atoms with Crippen molar-refractivity contribution in [2.24, 2.45) is 10.9 Å². The molecule has 0 aliphatic carbocycles. The Kier molecular flexibility index (Phi) is 4.39. The van der Waals surface area contributed by atoms with Crippen LogP contribution in [0.3, 0.4) is 0 Å². The molecule has 0 aromatic heterocycles. The highest BCUT2D eigenvalue weighted by molar-refractivity contribution is 6.30. The van der Waals surface area contributed by atoms with E-state index < -0.39 is 11.7 Å². The SMILES string of the molecule is N/C(=N/O)c1cccc(NC(=O)c2ccc(Cl)cc2F)c1. The average Bonchev–Trinajstić information content (AvgIpc) is 2.46. The standard InChI is InChI=1S/C14H11ClFN3O2/c15-9-4-5-11(12(16)7-9)14(20)18-10-3-1-2-8(6-10)13(17)19-21/h1-7,21H,(H2,17,19)(H,18,20). The topological polar surface area (TPSA) is 87.7 Å². The fourth-order valence-electron chi connectivity index (χ4n) is 1.69. The smallest absolute Gasteiger partial charge is 0.258 e. The second-order valence-corrected chi connectivity index (χ2v) is 4.58. The van der Waals surface area contributed by atoms with Crippen LogP contribution in [0.2, 0.25) is 5.02 Å². The largest absolute Gasteiger partial charge is 0.409 e. The molecule has 0 spiro atoms. The summed E-state index contributed by atoms with van der Waals surface area (Å²) in [6.45, 7) is 0. The van der Waals surface area contributed by atoms with Crippen molar-refractivity contribution in [2.45, 2.75) is 0 Å². The van der Waals surface area contributed by atoms with Crippen molar-refractivity contribution >= 4 is 29.0 Å². The van der Waals surface area contributed by atoms with E-state index in [0.717, 1.165) is 6.07 Å². The number of hydrogen-bond acceptors (Lipinski definition) is 3. The second kappa shape index (κ2) is 6.23. The van der Waals surface area contributed by atoms with Crippen LogP contribution in [0.25, 0.3) is 0 Å². The maximum Gasteiger partial charge on any atom is 0.258 e. The van der Waals surface area contributed by atoms with Gasteiger partial charge in [0.05, 0.1) is 5.56 Å². The summed E-state index contributed by atoms with van der Waals surface area (Å²) in [5, 5.41) is 14.2. The molecule has 0 heterocycles. The van der Waals surface area contributed by atoms with Gasteiger partial charge in [-0.1, -0.05) is 28.9 Å². The van der Waals surface area contributed by atoms with Gasteiger partial charge in [0.25, 0.3) is 5.91 Å². The molecule has 0 atom stereocenters. The van der Waals surface area contributed by atoms with E-state index in [4.69, 9.17) is 22.5 Å². The molecule has 2 aromatic carbocycles. The normalized spacial score (nSPS) is 11.2. The molecule has 0 radical (unpaired) electrons. The Morgan fingerprint density at radius 3 is 2.71 bits per heavy atom. The number of amidine groups is 1. The minimum atomic E-state index is -0.715. The molecule has 1 amide bonds. The molecule has 4 N–H and O–H groups in total. The number of carbonyl (C=O) groups excluding carboxylic acids is 1. The van der Waals surface area contributed by atoms with Gasteiger partial charge in [-0.05, 0) is 30.3 Å². The van der Waals surface area contributed by atoms with E-state index in [-0.39, 0.29) is 16.4 Å². The summed E-state index contributed by atoms with van der Waals surface area (Å²) in [6.07, 6.45) is 0. The first-order valence-electron chi connectivity index (χ1n) is 5.85. The van der Waals surface area contributed by atoms with Crippen molar-refractivity contribution in [3.05, 3.63) is 64.4 Å². The maximum atomic E-state index is 13.6. The zero-order chi connectivity index (χ0) is 15.4. The second-order valence-electron chi connectivity index (χ2n) is 4.14. The predicted octanol–water partition coefficient (Wildman–Crippen LogP) is 2.83. The Morgan fingerprint density at radius 2 is 2.05 bits per heavy atom. The number of hydrogen-bond donors (Lipinski definition) is 3. The van der Waals surface area contributed by atoms with Crippen LogP contribution in [0.1, 0.15) is 15.9 Å². The van der Waals surface area contributed by atoms with Crippen LogP contribution in [-0.2, 0) is 0 Å². The highest BCUT2D eigenvalue weighted by atomic mass is 35.5. The minimum absolute atomic E-state index is 0.0937. The number of benzene rings is 2. The molecule has 108 valence electrons. The molecule has 7 heteroatoms. The molecule has 0 aliphatic heterocycles. The lowest BCUT2D eigenvalue weighted by Crippen LogP contribution is -2.16. The van der Waals surface area contributed by atoms with Gasteiger partial charge < -0.3 is 16.3 Å². The van der Waals surface area contributed by atoms with Crippen molar-refractivity contribution in [3.8, 4) is 0 Å². The predicted molar refractivity (Wildman–Crippen MR) is 78.3 cm³/mol. The van der Waals surface area contributed by atoms with Crippen LogP contribution in [0.4, 0.5) is 10.1 Å². The van der Waals surface area contributed by atoms with Crippen molar-refractivity contribution in [1.82, 2.24) is 0 Å². The summed E-state index contributed by atoms with van der Waals surface area (Å²) >= 11 is 5.63. The van der Waals surface area contributed by atoms with Crippen molar-refractivity contribution < 1.29 is 14.4 Å². The Bertz CT molecular complexity index is 719. The Hall–Kier alpha value is -2.60. The summed E-state index contributed by atoms with van der Waals surface area (Å²) in [4.78, 5) is 12.0. The molecule has 0 unspecified atom stereocenters. The van der Waals surface area contributed by atoms with Gasteiger partial charge in [0.15, 0.2) is 5.84 Å². The lowest BCUT2D eigenvalue weighted by molar-refractivity contribution is 0.102. The number of rotatable bonds is 3. The molecule has 5 nitrogen and oxygen atoms in total. The summed E-state index contributed by atoms with van der Waals surface area (Å²) in [7, 11) is 0. The van der Waals surface area contributed by atoms with Gasteiger partial charge in [-0.25, -0.2) is 4.39 Å². The Morgan fingerprint density at radius 1 is 1.29 bits per heavy atom. The fourth-order valence-corrected chi connectivity index (χ4v) is 1.84. The molecule has 0 saturated heterocycles. The van der Waals surface area contributed by atoms with E-state index in [9.17, 15) is 9.18 Å². The first kappa shape index (κ1) is 14.8. The summed E-state index contributed by atoms with van der Waals surface area (Å²) in [6, 6.07) is 10.1. The fraction of sp³-hybridized carbons (Fsp3) is 0. The number of nitrogens with two attached hydrogens (primary N) is 1. The van der Waals surface area contributed by atoms with Gasteiger partial charge in [-0.15, -0.1) is 0 Å². The quantitative estimate of drug-likeness (QED) is 0.352. The van der Waals surface area contributed by atoms with Crippen LogP contribution in [0.15, 0.2) is 47.6 Å². The Labute approximate surface area is 124 Å². The third-order valence-electron chi connectivity index (χ3n) is 2.70. The number of nitrogens with one attached hydrogen (secondary N) is 1. The molecular weight excluding hydrogens is 297 g/mol. The lowest BCUT2D eigenvalue weighted by Gasteiger charge is -2.08. The van der Waals surface area contributed by atoms with Gasteiger partial charge in [-0.2, -0.15) is 0 Å². The van der Waals surface area contributed by atoms with E-state index in [2.05, 4.69) is 10.5 Å². The van der Waals surface area contributed by atoms with E-state index >= 15 is 0 Å². The van der Waals surface area contributed by atoms with Crippen molar-refractivity contribution in [2.75, 3.05) is 5.32 Å². The summed E-state index contributed by atoms with van der Waals surface area (Å²) < 4.78 is 13.6. The molecule has 21 heavy (non-hydrogen) atoms. The first-order valence-corrected chi connectivity index (χ1v) is 6.23. The molecule has 0 bridgehead atoms. The highest BCUT2D eigenvalue weighted by Crippen LogP contribution is 2.17. The average molecular weight is 308 g/mol. The van der Waals surface area contributed by atoms with Gasteiger partial charge in [0.2, 0.25) is 0 Å². The van der Waals surface area contributed by atoms with Crippen LogP contribution in [0, 0.1) is 5.82 Å². The van der Waals surface area contributed by atoms with E-state index in [1.54, 1.807) is 18.2 Å². The third kappa shape index (κ3) is 3.49.